The Labute approximate surface area is 274 Å². The number of rotatable bonds is 2. The maximum atomic E-state index is 2.47. The second-order valence-electron chi connectivity index (χ2n) is 13.6. The molecule has 0 N–H and O–H groups in total. The van der Waals surface area contributed by atoms with E-state index in [4.69, 9.17) is 0 Å². The molecule has 0 spiro atoms. The molecule has 0 saturated heterocycles. The highest BCUT2D eigenvalue weighted by Crippen LogP contribution is 2.52. The van der Waals surface area contributed by atoms with Crippen LogP contribution in [0.1, 0.15) is 25.0 Å². The molecular weight excluding hydrogens is 565 g/mol. The van der Waals surface area contributed by atoms with Crippen molar-refractivity contribution in [3.63, 3.8) is 0 Å². The van der Waals surface area contributed by atoms with Crippen molar-refractivity contribution in [1.29, 1.82) is 0 Å². The maximum Gasteiger partial charge on any atom is 0.0159 e. The molecule has 0 nitrogen and oxygen atoms in total. The van der Waals surface area contributed by atoms with Gasteiger partial charge in [0.2, 0.25) is 0 Å². The summed E-state index contributed by atoms with van der Waals surface area (Å²) >= 11 is 0. The molecule has 220 valence electrons. The van der Waals surface area contributed by atoms with Crippen molar-refractivity contribution < 1.29 is 0 Å². The third-order valence-corrected chi connectivity index (χ3v) is 10.8. The molecule has 1 aliphatic carbocycles. The van der Waals surface area contributed by atoms with Gasteiger partial charge in [0.1, 0.15) is 0 Å². The van der Waals surface area contributed by atoms with E-state index in [0.717, 1.165) is 0 Å². The van der Waals surface area contributed by atoms with Crippen LogP contribution in [0, 0.1) is 0 Å². The minimum atomic E-state index is -0.0539. The maximum absolute atomic E-state index is 2.47. The quantitative estimate of drug-likeness (QED) is 0.138. The van der Waals surface area contributed by atoms with E-state index in [1.807, 2.05) is 0 Å². The molecule has 0 radical (unpaired) electrons. The molecule has 0 fully saturated rings. The predicted octanol–water partition coefficient (Wildman–Crippen LogP) is 13.1. The van der Waals surface area contributed by atoms with Crippen LogP contribution in [0.5, 0.6) is 0 Å². The Kier molecular flexibility index (Phi) is 5.44. The van der Waals surface area contributed by atoms with Crippen LogP contribution in [-0.2, 0) is 5.41 Å². The Morgan fingerprint density at radius 2 is 0.872 bits per heavy atom. The Hall–Kier alpha value is -5.72. The lowest BCUT2D eigenvalue weighted by atomic mass is 9.80. The first-order valence-corrected chi connectivity index (χ1v) is 16.6. The van der Waals surface area contributed by atoms with E-state index in [-0.39, 0.29) is 5.41 Å². The molecule has 0 unspecified atom stereocenters. The summed E-state index contributed by atoms with van der Waals surface area (Å²) in [7, 11) is 0. The van der Waals surface area contributed by atoms with Crippen molar-refractivity contribution in [2.24, 2.45) is 0 Å². The van der Waals surface area contributed by atoms with Crippen molar-refractivity contribution >= 4 is 53.9 Å². The Morgan fingerprint density at radius 3 is 1.60 bits per heavy atom. The summed E-state index contributed by atoms with van der Waals surface area (Å²) in [5.41, 5.74) is 10.7. The van der Waals surface area contributed by atoms with E-state index in [1.165, 1.54) is 98.4 Å². The SMILES string of the molecule is CC1(C)c2ccccc2-c2ccc(-c3c4ccccc4c(-c4cc5ccc6ccccc6c5c5ccccc45)c4ccccc34)cc21. The molecule has 0 saturated carbocycles. The van der Waals surface area contributed by atoms with Gasteiger partial charge < -0.3 is 0 Å². The standard InChI is InChI=1S/C47H32/c1-47(2)42-22-12-11-16-34(42)35-26-25-31(28-43(35)47)45-37-18-7-9-20-39(37)46(40-21-10-8-19-38(40)45)41-27-30-24-23-29-13-3-4-14-32(29)44(30)36-17-6-5-15-33(36)41/h3-28H,1-2H3. The van der Waals surface area contributed by atoms with Crippen LogP contribution in [0.3, 0.4) is 0 Å². The summed E-state index contributed by atoms with van der Waals surface area (Å²) in [5, 5.41) is 12.9. The van der Waals surface area contributed by atoms with Gasteiger partial charge in [0.25, 0.3) is 0 Å². The molecule has 1 aliphatic rings. The molecule has 0 atom stereocenters. The first-order valence-electron chi connectivity index (χ1n) is 16.6. The van der Waals surface area contributed by atoms with E-state index in [2.05, 4.69) is 172 Å². The average Bonchev–Trinajstić information content (AvgIpc) is 3.35. The van der Waals surface area contributed by atoms with Crippen molar-refractivity contribution in [2.75, 3.05) is 0 Å². The fraction of sp³-hybridized carbons (Fsp3) is 0.0638. The number of hydrogen-bond acceptors (Lipinski definition) is 0. The lowest BCUT2D eigenvalue weighted by Crippen LogP contribution is -2.14. The minimum Gasteiger partial charge on any atom is -0.0619 e. The number of hydrogen-bond donors (Lipinski definition) is 0. The van der Waals surface area contributed by atoms with Gasteiger partial charge in [-0.15, -0.1) is 0 Å². The largest absolute Gasteiger partial charge is 0.0619 e. The third-order valence-electron chi connectivity index (χ3n) is 10.8. The first-order chi connectivity index (χ1) is 23.1. The van der Waals surface area contributed by atoms with Crippen LogP contribution in [0.15, 0.2) is 158 Å². The molecule has 0 aromatic heterocycles. The fourth-order valence-corrected chi connectivity index (χ4v) is 8.67. The topological polar surface area (TPSA) is 0 Å². The van der Waals surface area contributed by atoms with Gasteiger partial charge in [-0.2, -0.15) is 0 Å². The van der Waals surface area contributed by atoms with Crippen LogP contribution in [-0.4, -0.2) is 0 Å². The summed E-state index contributed by atoms with van der Waals surface area (Å²) in [6, 6.07) is 58.9. The zero-order chi connectivity index (χ0) is 31.3. The van der Waals surface area contributed by atoms with Gasteiger partial charge in [-0.25, -0.2) is 0 Å². The average molecular weight is 597 g/mol. The fourth-order valence-electron chi connectivity index (χ4n) is 8.67. The first kappa shape index (κ1) is 26.5. The van der Waals surface area contributed by atoms with Gasteiger partial charge in [0.05, 0.1) is 0 Å². The van der Waals surface area contributed by atoms with Crippen LogP contribution in [0.25, 0.3) is 87.2 Å². The van der Waals surface area contributed by atoms with Crippen LogP contribution in [0.2, 0.25) is 0 Å². The Bertz CT molecular complexity index is 2700. The van der Waals surface area contributed by atoms with Crippen molar-refractivity contribution in [3.05, 3.63) is 169 Å². The van der Waals surface area contributed by atoms with Gasteiger partial charge in [-0.05, 0) is 111 Å². The highest BCUT2D eigenvalue weighted by molar-refractivity contribution is 6.28. The Morgan fingerprint density at radius 1 is 0.340 bits per heavy atom. The van der Waals surface area contributed by atoms with Gasteiger partial charge in [0, 0.05) is 5.41 Å². The van der Waals surface area contributed by atoms with Crippen LogP contribution >= 0.6 is 0 Å². The van der Waals surface area contributed by atoms with E-state index < -0.39 is 0 Å². The highest BCUT2D eigenvalue weighted by atomic mass is 14.4. The molecule has 0 bridgehead atoms. The van der Waals surface area contributed by atoms with Gasteiger partial charge >= 0.3 is 0 Å². The van der Waals surface area contributed by atoms with Gasteiger partial charge in [-0.1, -0.05) is 159 Å². The van der Waals surface area contributed by atoms with Crippen molar-refractivity contribution in [3.8, 4) is 33.4 Å². The smallest absolute Gasteiger partial charge is 0.0159 e. The van der Waals surface area contributed by atoms with E-state index >= 15 is 0 Å². The van der Waals surface area contributed by atoms with E-state index in [1.54, 1.807) is 0 Å². The number of fused-ring (bicyclic) bond motifs is 10. The summed E-state index contributed by atoms with van der Waals surface area (Å²) in [6.45, 7) is 4.74. The van der Waals surface area contributed by atoms with E-state index in [9.17, 15) is 0 Å². The summed E-state index contributed by atoms with van der Waals surface area (Å²) in [4.78, 5) is 0. The zero-order valence-corrected chi connectivity index (χ0v) is 26.5. The third kappa shape index (κ3) is 3.64. The summed E-state index contributed by atoms with van der Waals surface area (Å²) < 4.78 is 0. The van der Waals surface area contributed by atoms with Crippen LogP contribution in [0.4, 0.5) is 0 Å². The molecule has 0 heteroatoms. The van der Waals surface area contributed by atoms with Crippen LogP contribution < -0.4 is 0 Å². The van der Waals surface area contributed by atoms with E-state index in [0.29, 0.717) is 0 Å². The predicted molar refractivity (Wildman–Crippen MR) is 202 cm³/mol. The normalized spacial score (nSPS) is 13.5. The second-order valence-corrected chi connectivity index (χ2v) is 13.6. The molecule has 10 rings (SSSR count). The molecule has 47 heavy (non-hydrogen) atoms. The molecule has 0 amide bonds. The minimum absolute atomic E-state index is 0.0539. The second kappa shape index (κ2) is 9.64. The monoisotopic (exact) mass is 596 g/mol. The molecule has 0 aliphatic heterocycles. The molecule has 9 aromatic carbocycles. The Balaban J connectivity index is 1.31. The summed E-state index contributed by atoms with van der Waals surface area (Å²) in [5.74, 6) is 0. The highest BCUT2D eigenvalue weighted by Gasteiger charge is 2.35. The molecule has 0 heterocycles. The zero-order valence-electron chi connectivity index (χ0n) is 26.5. The van der Waals surface area contributed by atoms with Crippen molar-refractivity contribution in [2.45, 2.75) is 19.3 Å². The number of benzene rings is 9. The molecule has 9 aromatic rings. The molecular formula is C47H32. The lowest BCUT2D eigenvalue weighted by molar-refractivity contribution is 0.660. The lowest BCUT2D eigenvalue weighted by Gasteiger charge is -2.23. The van der Waals surface area contributed by atoms with Gasteiger partial charge in [0.15, 0.2) is 0 Å². The van der Waals surface area contributed by atoms with Crippen molar-refractivity contribution in [1.82, 2.24) is 0 Å². The summed E-state index contributed by atoms with van der Waals surface area (Å²) in [6.07, 6.45) is 0. The van der Waals surface area contributed by atoms with Gasteiger partial charge in [-0.3, -0.25) is 0 Å².